The number of hydrogen-bond acceptors (Lipinski definition) is 5. The first-order valence-corrected chi connectivity index (χ1v) is 12.6. The quantitative estimate of drug-likeness (QED) is 0.409. The molecule has 2 aromatic carbocycles. The van der Waals surface area contributed by atoms with Crippen LogP contribution in [0.15, 0.2) is 82.6 Å². The maximum absolute atomic E-state index is 14.0. The fraction of sp³-hybridized carbons (Fsp3) is 0.310. The lowest BCUT2D eigenvalue weighted by atomic mass is 9.80. The van der Waals surface area contributed by atoms with E-state index in [1.165, 1.54) is 12.3 Å². The zero-order chi connectivity index (χ0) is 27.0. The second-order valence-electron chi connectivity index (χ2n) is 9.42. The molecule has 6 nitrogen and oxygen atoms in total. The predicted octanol–water partition coefficient (Wildman–Crippen LogP) is 6.59. The number of ketones is 1. The molecule has 1 aliphatic heterocycles. The monoisotopic (exact) mass is 523 g/mol. The van der Waals surface area contributed by atoms with E-state index < -0.39 is 18.1 Å². The smallest absolute Gasteiger partial charge is 0.469 e. The molecule has 38 heavy (non-hydrogen) atoms. The van der Waals surface area contributed by atoms with Crippen molar-refractivity contribution in [1.82, 2.24) is 0 Å². The summed E-state index contributed by atoms with van der Waals surface area (Å²) in [5.74, 6) is -2.00. The highest BCUT2D eigenvalue weighted by Crippen LogP contribution is 2.48. The number of amides is 1. The van der Waals surface area contributed by atoms with Crippen LogP contribution in [0.25, 0.3) is 0 Å². The van der Waals surface area contributed by atoms with Crippen LogP contribution in [0.1, 0.15) is 50.0 Å². The van der Waals surface area contributed by atoms with Gasteiger partial charge in [-0.1, -0.05) is 24.3 Å². The number of anilines is 3. The first-order valence-electron chi connectivity index (χ1n) is 12.6. The number of alkyl halides is 3. The van der Waals surface area contributed by atoms with Gasteiger partial charge in [0.25, 0.3) is 0 Å². The van der Waals surface area contributed by atoms with Gasteiger partial charge >= 0.3 is 12.1 Å². The molecule has 0 unspecified atom stereocenters. The van der Waals surface area contributed by atoms with Gasteiger partial charge in [0.05, 0.1) is 23.7 Å². The highest BCUT2D eigenvalue weighted by Gasteiger charge is 2.50. The van der Waals surface area contributed by atoms with Gasteiger partial charge < -0.3 is 14.6 Å². The molecular formula is C29H28F3N3O3. The van der Waals surface area contributed by atoms with Crippen molar-refractivity contribution in [2.75, 3.05) is 28.2 Å². The molecular weight excluding hydrogens is 495 g/mol. The van der Waals surface area contributed by atoms with Gasteiger partial charge in [-0.25, -0.2) is 0 Å². The van der Waals surface area contributed by atoms with Gasteiger partial charge in [-0.05, 0) is 62.2 Å². The molecule has 1 N–H and O–H groups in total. The fourth-order valence-corrected chi connectivity index (χ4v) is 5.45. The molecule has 5 rings (SSSR count). The van der Waals surface area contributed by atoms with Crippen molar-refractivity contribution >= 4 is 28.8 Å². The summed E-state index contributed by atoms with van der Waals surface area (Å²) < 4.78 is 47.7. The molecule has 198 valence electrons. The van der Waals surface area contributed by atoms with Crippen molar-refractivity contribution in [3.8, 4) is 0 Å². The van der Waals surface area contributed by atoms with Crippen LogP contribution in [-0.4, -0.2) is 31.0 Å². The summed E-state index contributed by atoms with van der Waals surface area (Å²) in [6.07, 6.45) is -3.20. The van der Waals surface area contributed by atoms with Gasteiger partial charge in [0.15, 0.2) is 5.78 Å². The Labute approximate surface area is 218 Å². The van der Waals surface area contributed by atoms with Crippen LogP contribution in [-0.2, 0) is 9.59 Å². The summed E-state index contributed by atoms with van der Waals surface area (Å²) in [4.78, 5) is 29.6. The van der Waals surface area contributed by atoms with Crippen molar-refractivity contribution in [3.63, 3.8) is 0 Å². The molecule has 0 spiro atoms. The molecule has 0 saturated carbocycles. The molecule has 0 saturated heterocycles. The molecule has 1 aromatic heterocycles. The summed E-state index contributed by atoms with van der Waals surface area (Å²) in [5.41, 5.74) is 2.37. The molecule has 2 aliphatic rings. The molecule has 9 heteroatoms. The number of rotatable bonds is 5. The van der Waals surface area contributed by atoms with Crippen molar-refractivity contribution in [2.45, 2.75) is 44.8 Å². The van der Waals surface area contributed by atoms with E-state index in [0.29, 0.717) is 29.1 Å². The van der Waals surface area contributed by atoms with Gasteiger partial charge in [-0.3, -0.25) is 14.5 Å². The summed E-state index contributed by atoms with van der Waals surface area (Å²) in [6, 6.07) is 15.7. The summed E-state index contributed by atoms with van der Waals surface area (Å²) in [7, 11) is 0. The van der Waals surface area contributed by atoms with Gasteiger partial charge in [-0.15, -0.1) is 0 Å². The molecule has 0 radical (unpaired) electrons. The van der Waals surface area contributed by atoms with Gasteiger partial charge in [-0.2, -0.15) is 13.2 Å². The number of nitrogens with zero attached hydrogens (tertiary/aromatic N) is 2. The van der Waals surface area contributed by atoms with Crippen LogP contribution in [0.3, 0.4) is 0 Å². The van der Waals surface area contributed by atoms with E-state index >= 15 is 0 Å². The van der Waals surface area contributed by atoms with Crippen LogP contribution in [0, 0.1) is 0 Å². The first-order chi connectivity index (χ1) is 18.2. The number of furan rings is 1. The Morgan fingerprint density at radius 3 is 2.37 bits per heavy atom. The number of allylic oxidation sites excluding steroid dienone is 1. The minimum Gasteiger partial charge on any atom is -0.469 e. The Balaban J connectivity index is 1.71. The van der Waals surface area contributed by atoms with E-state index in [-0.39, 0.29) is 29.4 Å². The normalized spacial score (nSPS) is 19.4. The molecule has 2 heterocycles. The molecule has 1 aliphatic carbocycles. The average molecular weight is 524 g/mol. The van der Waals surface area contributed by atoms with E-state index in [1.54, 1.807) is 42.5 Å². The third-order valence-corrected chi connectivity index (χ3v) is 7.23. The number of carbonyl (C=O) groups is 2. The second-order valence-corrected chi connectivity index (χ2v) is 9.42. The highest BCUT2D eigenvalue weighted by atomic mass is 19.4. The number of carbonyl (C=O) groups excluding carboxylic acids is 2. The summed E-state index contributed by atoms with van der Waals surface area (Å²) in [6.45, 7) is 5.55. The number of halogens is 3. The first kappa shape index (κ1) is 25.6. The van der Waals surface area contributed by atoms with Crippen molar-refractivity contribution < 1.29 is 27.2 Å². The SMILES string of the molecule is CCN(CC)c1ccc([C@@H]2C3=C(C[C@H](c4ccco4)CC3=O)Nc3ccccc3N2C(=O)C(F)(F)F)cc1. The van der Waals surface area contributed by atoms with Crippen LogP contribution in [0.5, 0.6) is 0 Å². The molecule has 2 atom stereocenters. The Hall–Kier alpha value is -4.01. The van der Waals surface area contributed by atoms with Crippen LogP contribution < -0.4 is 15.1 Å². The van der Waals surface area contributed by atoms with E-state index in [4.69, 9.17) is 4.42 Å². The fourth-order valence-electron chi connectivity index (χ4n) is 5.45. The Morgan fingerprint density at radius 1 is 1.03 bits per heavy atom. The standard InChI is InChI=1S/C29H28F3N3O3/c1-3-34(4-2)20-13-11-18(12-14-20)27-26-22(16-19(17-24(26)36)25-10-7-15-38-25)33-21-8-5-6-9-23(21)35(27)28(37)29(30,31)32/h5-15,19,27,33H,3-4,16-17H2,1-2H3/t19-,27+/m0/s1. The maximum atomic E-state index is 14.0. The number of fused-ring (bicyclic) bond motifs is 1. The van der Waals surface area contributed by atoms with Gasteiger partial charge in [0.2, 0.25) is 0 Å². The van der Waals surface area contributed by atoms with E-state index in [2.05, 4.69) is 10.2 Å². The number of nitrogens with one attached hydrogen (secondary N) is 1. The number of benzene rings is 2. The Bertz CT molecular complexity index is 1360. The third kappa shape index (κ3) is 4.57. The van der Waals surface area contributed by atoms with Crippen molar-refractivity contribution in [3.05, 3.63) is 89.5 Å². The maximum Gasteiger partial charge on any atom is 0.471 e. The lowest BCUT2D eigenvalue weighted by molar-refractivity contribution is -0.170. The molecule has 3 aromatic rings. The van der Waals surface area contributed by atoms with Crippen LogP contribution in [0.2, 0.25) is 0 Å². The second kappa shape index (κ2) is 10.0. The summed E-state index contributed by atoms with van der Waals surface area (Å²) >= 11 is 0. The number of para-hydroxylation sites is 2. The van der Waals surface area contributed by atoms with E-state index in [0.717, 1.165) is 23.7 Å². The molecule has 1 amide bonds. The minimum atomic E-state index is -5.15. The molecule has 0 bridgehead atoms. The lowest BCUT2D eigenvalue weighted by Gasteiger charge is -2.35. The van der Waals surface area contributed by atoms with Crippen molar-refractivity contribution in [2.24, 2.45) is 0 Å². The van der Waals surface area contributed by atoms with Crippen LogP contribution >= 0.6 is 0 Å². The van der Waals surface area contributed by atoms with Gasteiger partial charge in [0.1, 0.15) is 5.76 Å². The van der Waals surface area contributed by atoms with E-state index in [9.17, 15) is 22.8 Å². The average Bonchev–Trinajstić information content (AvgIpc) is 3.39. The third-order valence-electron chi connectivity index (χ3n) is 7.23. The topological polar surface area (TPSA) is 65.8 Å². The zero-order valence-electron chi connectivity index (χ0n) is 21.1. The van der Waals surface area contributed by atoms with Crippen molar-refractivity contribution in [1.29, 1.82) is 0 Å². The predicted molar refractivity (Wildman–Crippen MR) is 139 cm³/mol. The number of Topliss-reactive ketones (excluding diaryl/α,β-unsaturated/α-hetero) is 1. The summed E-state index contributed by atoms with van der Waals surface area (Å²) in [5, 5.41) is 3.22. The zero-order valence-corrected chi connectivity index (χ0v) is 21.1. The minimum absolute atomic E-state index is 0.0596. The van der Waals surface area contributed by atoms with Gasteiger partial charge in [0, 0.05) is 42.4 Å². The lowest BCUT2D eigenvalue weighted by Crippen LogP contribution is -2.45. The number of hydrogen-bond donors (Lipinski definition) is 1. The van der Waals surface area contributed by atoms with E-state index in [1.807, 2.05) is 26.0 Å². The molecule has 0 fully saturated rings. The largest absolute Gasteiger partial charge is 0.471 e. The van der Waals surface area contributed by atoms with Crippen LogP contribution in [0.4, 0.5) is 30.2 Å². The highest BCUT2D eigenvalue weighted by molar-refractivity contribution is 6.07. The Morgan fingerprint density at radius 2 is 1.74 bits per heavy atom. The Kier molecular flexibility index (Phi) is 6.77.